The lowest BCUT2D eigenvalue weighted by Crippen LogP contribution is -2.46. The summed E-state index contributed by atoms with van der Waals surface area (Å²) < 4.78 is 5.88. The normalized spacial score (nSPS) is 24.4. The minimum Gasteiger partial charge on any atom is -0.451 e. The molecular weight excluding hydrogens is 330 g/mol. The van der Waals surface area contributed by atoms with Crippen molar-refractivity contribution < 1.29 is 14.0 Å². The third kappa shape index (κ3) is 3.12. The third-order valence-electron chi connectivity index (χ3n) is 5.51. The van der Waals surface area contributed by atoms with E-state index in [2.05, 4.69) is 10.2 Å². The van der Waals surface area contributed by atoms with Crippen molar-refractivity contribution in [2.45, 2.75) is 25.7 Å². The Morgan fingerprint density at radius 2 is 2.00 bits per heavy atom. The predicted molar refractivity (Wildman–Crippen MR) is 98.9 cm³/mol. The molecule has 136 valence electrons. The van der Waals surface area contributed by atoms with Crippen LogP contribution in [-0.2, 0) is 4.79 Å². The number of hydrogen-bond acceptors (Lipinski definition) is 4. The fourth-order valence-electron chi connectivity index (χ4n) is 4.29. The number of nitrogens with two attached hydrogens (primary N) is 1. The third-order valence-corrected chi connectivity index (χ3v) is 5.51. The number of piperidine rings is 3. The van der Waals surface area contributed by atoms with Gasteiger partial charge in [-0.05, 0) is 50.0 Å². The van der Waals surface area contributed by atoms with E-state index in [1.54, 1.807) is 0 Å². The maximum absolute atomic E-state index is 12.0. The second kappa shape index (κ2) is 6.61. The number of furan rings is 1. The van der Waals surface area contributed by atoms with Crippen LogP contribution in [0.4, 0.5) is 5.69 Å². The maximum atomic E-state index is 12.0. The van der Waals surface area contributed by atoms with E-state index in [9.17, 15) is 9.59 Å². The zero-order valence-electron chi connectivity index (χ0n) is 14.8. The molecule has 6 heteroatoms. The highest BCUT2D eigenvalue weighted by Gasteiger charge is 2.38. The number of rotatable bonds is 4. The van der Waals surface area contributed by atoms with E-state index in [1.165, 1.54) is 6.92 Å². The molecule has 0 spiro atoms. The van der Waals surface area contributed by atoms with Gasteiger partial charge in [0.2, 0.25) is 5.91 Å². The van der Waals surface area contributed by atoms with Crippen molar-refractivity contribution in [1.82, 2.24) is 4.90 Å². The number of fused-ring (bicyclic) bond motifs is 3. The van der Waals surface area contributed by atoms with E-state index < -0.39 is 5.91 Å². The van der Waals surface area contributed by atoms with Gasteiger partial charge in [0.1, 0.15) is 5.76 Å². The molecule has 1 aromatic heterocycles. The monoisotopic (exact) mass is 353 g/mol. The fourth-order valence-corrected chi connectivity index (χ4v) is 4.29. The first-order valence-corrected chi connectivity index (χ1v) is 9.05. The van der Waals surface area contributed by atoms with Crippen molar-refractivity contribution >= 4 is 17.5 Å². The van der Waals surface area contributed by atoms with E-state index in [-0.39, 0.29) is 17.6 Å². The molecule has 0 saturated carbocycles. The van der Waals surface area contributed by atoms with Gasteiger partial charge in [0.25, 0.3) is 5.91 Å². The molecule has 5 rings (SSSR count). The summed E-state index contributed by atoms with van der Waals surface area (Å²) >= 11 is 0. The van der Waals surface area contributed by atoms with E-state index >= 15 is 0 Å². The first kappa shape index (κ1) is 16.8. The summed E-state index contributed by atoms with van der Waals surface area (Å²) in [5.41, 5.74) is 8.03. The van der Waals surface area contributed by atoms with Crippen LogP contribution in [0.3, 0.4) is 0 Å². The molecule has 0 aliphatic carbocycles. The van der Waals surface area contributed by atoms with E-state index in [0.717, 1.165) is 43.6 Å². The van der Waals surface area contributed by atoms with Crippen LogP contribution in [-0.4, -0.2) is 36.3 Å². The molecule has 3 aliphatic heterocycles. The smallest absolute Gasteiger partial charge is 0.284 e. The van der Waals surface area contributed by atoms with Gasteiger partial charge in [-0.15, -0.1) is 0 Å². The minimum absolute atomic E-state index is 0.132. The predicted octanol–water partition coefficient (Wildman–Crippen LogP) is 2.81. The van der Waals surface area contributed by atoms with Gasteiger partial charge in [-0.1, -0.05) is 12.1 Å². The Hall–Kier alpha value is -2.60. The van der Waals surface area contributed by atoms with Gasteiger partial charge in [0, 0.05) is 36.2 Å². The molecule has 3 fully saturated rings. The molecule has 1 atom stereocenters. The Bertz CT molecular complexity index is 850. The number of hydrogen-bond donors (Lipinski definition) is 2. The van der Waals surface area contributed by atoms with Crippen molar-refractivity contribution in [2.24, 2.45) is 11.7 Å². The van der Waals surface area contributed by atoms with Crippen LogP contribution in [0.5, 0.6) is 0 Å². The molecule has 3 N–H and O–H groups in total. The van der Waals surface area contributed by atoms with Crippen LogP contribution in [0.1, 0.15) is 41.8 Å². The van der Waals surface area contributed by atoms with Crippen LogP contribution in [0.25, 0.3) is 11.3 Å². The summed E-state index contributed by atoms with van der Waals surface area (Å²) in [6.07, 6.45) is 2.31. The molecule has 26 heavy (non-hydrogen) atoms. The summed E-state index contributed by atoms with van der Waals surface area (Å²) in [5, 5.41) is 2.77. The lowest BCUT2D eigenvalue weighted by molar-refractivity contribution is -0.114. The molecule has 6 nitrogen and oxygen atoms in total. The van der Waals surface area contributed by atoms with Crippen molar-refractivity contribution in [1.29, 1.82) is 0 Å². The standard InChI is InChI=1S/C20H23N3O3/c1-12(24)22-15-4-2-3-14(9-15)18-10-16(19(26-18)20(21)25)17-11-23-7-5-13(17)6-8-23/h2-4,9-10,13,17H,5-8,11H2,1H3,(H2,21,25)(H,22,24). The highest BCUT2D eigenvalue weighted by molar-refractivity contribution is 5.93. The Labute approximate surface area is 152 Å². The molecule has 4 heterocycles. The SMILES string of the molecule is CC(=O)Nc1cccc(-c2cc(C3CN4CCC3CC4)c(C(N)=O)o2)c1. The van der Waals surface area contributed by atoms with Crippen LogP contribution < -0.4 is 11.1 Å². The van der Waals surface area contributed by atoms with Crippen molar-refractivity contribution in [2.75, 3.05) is 25.0 Å². The lowest BCUT2D eigenvalue weighted by atomic mass is 9.75. The highest BCUT2D eigenvalue weighted by Crippen LogP contribution is 2.42. The van der Waals surface area contributed by atoms with Crippen LogP contribution in [0, 0.1) is 5.92 Å². The number of benzene rings is 1. The topological polar surface area (TPSA) is 88.6 Å². The zero-order valence-corrected chi connectivity index (χ0v) is 14.8. The summed E-state index contributed by atoms with van der Waals surface area (Å²) in [5.74, 6) is 1.08. The van der Waals surface area contributed by atoms with Gasteiger partial charge in [0.05, 0.1) is 0 Å². The summed E-state index contributed by atoms with van der Waals surface area (Å²) in [7, 11) is 0. The van der Waals surface area contributed by atoms with E-state index in [4.69, 9.17) is 10.2 Å². The Balaban J connectivity index is 1.70. The molecule has 3 saturated heterocycles. The molecule has 2 bridgehead atoms. The van der Waals surface area contributed by atoms with Gasteiger partial charge in [0.15, 0.2) is 5.76 Å². The molecule has 0 radical (unpaired) electrons. The molecular formula is C20H23N3O3. The average Bonchev–Trinajstić information content (AvgIpc) is 3.08. The first-order chi connectivity index (χ1) is 12.5. The average molecular weight is 353 g/mol. The second-order valence-electron chi connectivity index (χ2n) is 7.27. The largest absolute Gasteiger partial charge is 0.451 e. The van der Waals surface area contributed by atoms with E-state index in [1.807, 2.05) is 30.3 Å². The summed E-state index contributed by atoms with van der Waals surface area (Å²) in [6.45, 7) is 4.69. The molecule has 3 aliphatic rings. The van der Waals surface area contributed by atoms with Crippen molar-refractivity contribution in [3.8, 4) is 11.3 Å². The van der Waals surface area contributed by atoms with Gasteiger partial charge < -0.3 is 20.4 Å². The zero-order chi connectivity index (χ0) is 18.3. The lowest BCUT2D eigenvalue weighted by Gasteiger charge is -2.44. The highest BCUT2D eigenvalue weighted by atomic mass is 16.4. The van der Waals surface area contributed by atoms with Crippen molar-refractivity contribution in [3.05, 3.63) is 41.7 Å². The summed E-state index contributed by atoms with van der Waals surface area (Å²) in [6, 6.07) is 9.36. The number of primary amides is 1. The fraction of sp³-hybridized carbons (Fsp3) is 0.400. The molecule has 2 amide bonds. The number of carbonyl (C=O) groups is 2. The van der Waals surface area contributed by atoms with Gasteiger partial charge >= 0.3 is 0 Å². The summed E-state index contributed by atoms with van der Waals surface area (Å²) in [4.78, 5) is 25.7. The van der Waals surface area contributed by atoms with Gasteiger partial charge in [-0.25, -0.2) is 0 Å². The quantitative estimate of drug-likeness (QED) is 0.885. The Kier molecular flexibility index (Phi) is 4.28. The maximum Gasteiger partial charge on any atom is 0.284 e. The Morgan fingerprint density at radius 1 is 1.23 bits per heavy atom. The van der Waals surface area contributed by atoms with Gasteiger partial charge in [-0.3, -0.25) is 9.59 Å². The number of nitrogens with one attached hydrogen (secondary N) is 1. The number of anilines is 1. The van der Waals surface area contributed by atoms with Crippen LogP contribution >= 0.6 is 0 Å². The van der Waals surface area contributed by atoms with Crippen LogP contribution in [0.2, 0.25) is 0 Å². The molecule has 2 aromatic rings. The van der Waals surface area contributed by atoms with E-state index in [0.29, 0.717) is 17.4 Å². The van der Waals surface area contributed by atoms with Gasteiger partial charge in [-0.2, -0.15) is 0 Å². The molecule has 1 unspecified atom stereocenters. The van der Waals surface area contributed by atoms with Crippen molar-refractivity contribution in [3.63, 3.8) is 0 Å². The Morgan fingerprint density at radius 3 is 2.62 bits per heavy atom. The minimum atomic E-state index is -0.527. The number of nitrogens with zero attached hydrogens (tertiary/aromatic N) is 1. The molecule has 1 aromatic carbocycles. The number of amides is 2. The second-order valence-corrected chi connectivity index (χ2v) is 7.27. The van der Waals surface area contributed by atoms with Crippen LogP contribution in [0.15, 0.2) is 34.7 Å². The number of carbonyl (C=O) groups excluding carboxylic acids is 2. The first-order valence-electron chi connectivity index (χ1n) is 9.05.